The molecule has 1 aromatic carbocycles. The Labute approximate surface area is 207 Å². The fraction of sp³-hybridized carbons (Fsp3) is 0.455. The molecule has 1 amide bonds. The number of anilines is 1. The van der Waals surface area contributed by atoms with Gasteiger partial charge in [0.05, 0.1) is 14.2 Å². The summed E-state index contributed by atoms with van der Waals surface area (Å²) in [6.45, 7) is 1.29. The van der Waals surface area contributed by atoms with Crippen LogP contribution < -0.4 is 14.4 Å². The van der Waals surface area contributed by atoms with Crippen molar-refractivity contribution in [3.8, 4) is 11.5 Å². The number of hydrogen-bond acceptors (Lipinski definition) is 9. The van der Waals surface area contributed by atoms with Crippen LogP contribution in [0, 0.1) is 0 Å². The quantitative estimate of drug-likeness (QED) is 0.425. The first-order chi connectivity index (χ1) is 16.3. The molecular formula is C22H28N4O5S3. The van der Waals surface area contributed by atoms with Gasteiger partial charge in [0.1, 0.15) is 32.0 Å². The number of methoxy groups -OCH3 is 2. The van der Waals surface area contributed by atoms with Crippen LogP contribution in [-0.4, -0.2) is 82.5 Å². The minimum atomic E-state index is -3.75. The number of benzene rings is 1. The van der Waals surface area contributed by atoms with Crippen LogP contribution in [-0.2, 0) is 14.8 Å². The molecule has 0 radical (unpaired) electrons. The molecule has 4 rings (SSSR count). The van der Waals surface area contributed by atoms with Gasteiger partial charge in [0.25, 0.3) is 10.0 Å². The monoisotopic (exact) mass is 524 g/mol. The first kappa shape index (κ1) is 24.9. The van der Waals surface area contributed by atoms with Crippen molar-refractivity contribution in [1.29, 1.82) is 0 Å². The summed E-state index contributed by atoms with van der Waals surface area (Å²) in [4.78, 5) is 22.2. The van der Waals surface area contributed by atoms with Crippen LogP contribution in [0.15, 0.2) is 33.9 Å². The topological polar surface area (TPSA) is 92.3 Å². The van der Waals surface area contributed by atoms with Gasteiger partial charge in [0.15, 0.2) is 5.13 Å². The fourth-order valence-corrected chi connectivity index (χ4v) is 7.85. The predicted octanol–water partition coefficient (Wildman–Crippen LogP) is 3.12. The number of ether oxygens (including phenoxy) is 2. The highest BCUT2D eigenvalue weighted by atomic mass is 32.2. The van der Waals surface area contributed by atoms with E-state index in [1.807, 2.05) is 19.0 Å². The van der Waals surface area contributed by atoms with Gasteiger partial charge in [-0.15, -0.1) is 11.3 Å². The Morgan fingerprint density at radius 1 is 1.18 bits per heavy atom. The van der Waals surface area contributed by atoms with Crippen molar-refractivity contribution in [2.45, 2.75) is 23.1 Å². The highest BCUT2D eigenvalue weighted by Crippen LogP contribution is 2.41. The lowest BCUT2D eigenvalue weighted by Gasteiger charge is -2.29. The van der Waals surface area contributed by atoms with Crippen LogP contribution in [0.2, 0.25) is 0 Å². The number of carbonyl (C=O) groups is 1. The van der Waals surface area contributed by atoms with Crippen LogP contribution >= 0.6 is 22.7 Å². The second-order valence-corrected chi connectivity index (χ2v) is 12.2. The Bertz CT molecular complexity index is 1220. The van der Waals surface area contributed by atoms with Crippen LogP contribution in [0.3, 0.4) is 0 Å². The molecule has 0 bridgehead atoms. The first-order valence-electron chi connectivity index (χ1n) is 10.8. The van der Waals surface area contributed by atoms with Crippen LogP contribution in [0.1, 0.15) is 12.8 Å². The molecule has 2 aromatic heterocycles. The molecule has 12 heteroatoms. The summed E-state index contributed by atoms with van der Waals surface area (Å²) in [6, 6.07) is 6.10. The Balaban J connectivity index is 1.73. The number of thiazole rings is 1. The maximum absolute atomic E-state index is 13.9. The molecule has 184 valence electrons. The Morgan fingerprint density at radius 3 is 2.56 bits per heavy atom. The van der Waals surface area contributed by atoms with Crippen molar-refractivity contribution in [1.82, 2.24) is 14.2 Å². The zero-order valence-corrected chi connectivity index (χ0v) is 22.0. The van der Waals surface area contributed by atoms with Gasteiger partial charge >= 0.3 is 0 Å². The molecule has 0 N–H and O–H groups in total. The molecule has 34 heavy (non-hydrogen) atoms. The van der Waals surface area contributed by atoms with Crippen molar-refractivity contribution in [3.63, 3.8) is 0 Å². The van der Waals surface area contributed by atoms with E-state index in [-0.39, 0.29) is 10.1 Å². The van der Waals surface area contributed by atoms with E-state index in [1.165, 1.54) is 15.6 Å². The molecule has 1 unspecified atom stereocenters. The number of aromatic nitrogens is 1. The number of thiophene rings is 1. The molecule has 1 fully saturated rings. The number of amides is 1. The summed E-state index contributed by atoms with van der Waals surface area (Å²) in [6.07, 6.45) is 1.10. The minimum Gasteiger partial charge on any atom is -0.495 e. The summed E-state index contributed by atoms with van der Waals surface area (Å²) in [5, 5.41) is 2.22. The highest BCUT2D eigenvalue weighted by molar-refractivity contribution is 7.91. The number of rotatable bonds is 9. The number of nitrogens with zero attached hydrogens (tertiary/aromatic N) is 4. The van der Waals surface area contributed by atoms with E-state index in [4.69, 9.17) is 14.5 Å². The third-order valence-corrected chi connectivity index (χ3v) is 10.1. The SMILES string of the molecule is COc1ccc(OC)c2sc(N(CCN(C)C)C(=O)C3CCCN3S(=O)(=O)c3cccs3)nc12. The maximum Gasteiger partial charge on any atom is 0.253 e. The van der Waals surface area contributed by atoms with Gasteiger partial charge in [-0.3, -0.25) is 9.69 Å². The average molecular weight is 525 g/mol. The van der Waals surface area contributed by atoms with Gasteiger partial charge < -0.3 is 14.4 Å². The van der Waals surface area contributed by atoms with Gasteiger partial charge in [-0.2, -0.15) is 4.31 Å². The molecule has 1 atom stereocenters. The van der Waals surface area contributed by atoms with Crippen LogP contribution in [0.25, 0.3) is 10.2 Å². The number of hydrogen-bond donors (Lipinski definition) is 0. The lowest BCUT2D eigenvalue weighted by molar-refractivity contribution is -0.121. The molecule has 1 aliphatic heterocycles. The molecular weight excluding hydrogens is 496 g/mol. The van der Waals surface area contributed by atoms with Crippen molar-refractivity contribution < 1.29 is 22.7 Å². The van der Waals surface area contributed by atoms with Crippen molar-refractivity contribution in [3.05, 3.63) is 29.6 Å². The highest BCUT2D eigenvalue weighted by Gasteiger charge is 2.42. The number of fused-ring (bicyclic) bond motifs is 1. The summed E-state index contributed by atoms with van der Waals surface area (Å²) in [5.74, 6) is 0.958. The summed E-state index contributed by atoms with van der Waals surface area (Å²) in [7, 11) is 3.26. The zero-order valence-electron chi connectivity index (χ0n) is 19.6. The molecule has 0 saturated carbocycles. The lowest BCUT2D eigenvalue weighted by Crippen LogP contribution is -2.49. The Kier molecular flexibility index (Phi) is 7.43. The van der Waals surface area contributed by atoms with Gasteiger partial charge in [0, 0.05) is 19.6 Å². The van der Waals surface area contributed by atoms with Crippen LogP contribution in [0.4, 0.5) is 5.13 Å². The van der Waals surface area contributed by atoms with Gasteiger partial charge in [-0.05, 0) is 50.5 Å². The summed E-state index contributed by atoms with van der Waals surface area (Å²) in [5.41, 5.74) is 0.610. The third-order valence-electron chi connectivity index (χ3n) is 5.71. The van der Waals surface area contributed by atoms with E-state index in [1.54, 1.807) is 48.8 Å². The van der Waals surface area contributed by atoms with Crippen molar-refractivity contribution in [2.24, 2.45) is 0 Å². The van der Waals surface area contributed by atoms with E-state index in [0.717, 1.165) is 16.0 Å². The third kappa shape index (κ3) is 4.65. The van der Waals surface area contributed by atoms with Crippen LogP contribution in [0.5, 0.6) is 11.5 Å². The van der Waals surface area contributed by atoms with Gasteiger partial charge in [0.2, 0.25) is 5.91 Å². The lowest BCUT2D eigenvalue weighted by atomic mass is 10.2. The van der Waals surface area contributed by atoms with Crippen molar-refractivity contribution >= 4 is 54.0 Å². The number of carbonyl (C=O) groups excluding carboxylic acids is 1. The molecule has 1 saturated heterocycles. The predicted molar refractivity (Wildman–Crippen MR) is 135 cm³/mol. The molecule has 9 nitrogen and oxygen atoms in total. The fourth-order valence-electron chi connectivity index (χ4n) is 3.97. The number of sulfonamides is 1. The average Bonchev–Trinajstić information content (AvgIpc) is 3.58. The largest absolute Gasteiger partial charge is 0.495 e. The summed E-state index contributed by atoms with van der Waals surface area (Å²) >= 11 is 2.50. The zero-order chi connectivity index (χ0) is 24.5. The van der Waals surface area contributed by atoms with E-state index in [0.29, 0.717) is 54.6 Å². The van der Waals surface area contributed by atoms with E-state index in [2.05, 4.69) is 0 Å². The van der Waals surface area contributed by atoms with E-state index < -0.39 is 16.1 Å². The second kappa shape index (κ2) is 10.2. The normalized spacial score (nSPS) is 16.9. The second-order valence-electron chi connectivity index (χ2n) is 8.14. The Morgan fingerprint density at radius 2 is 1.91 bits per heavy atom. The Hall–Kier alpha value is -2.25. The number of likely N-dealkylation sites (N-methyl/N-ethyl adjacent to an activating group) is 1. The maximum atomic E-state index is 13.9. The molecule has 0 aliphatic carbocycles. The van der Waals surface area contributed by atoms with E-state index in [9.17, 15) is 13.2 Å². The molecule has 3 heterocycles. The van der Waals surface area contributed by atoms with E-state index >= 15 is 0 Å². The summed E-state index contributed by atoms with van der Waals surface area (Å²) < 4.78 is 39.8. The molecule has 0 spiro atoms. The van der Waals surface area contributed by atoms with Gasteiger partial charge in [-0.1, -0.05) is 17.4 Å². The molecule has 1 aliphatic rings. The smallest absolute Gasteiger partial charge is 0.253 e. The standard InChI is InChI=1S/C22H28N4O5S3/c1-24(2)12-13-25(22-23-19-16(30-3)9-10-17(31-4)20(19)33-22)21(27)15-7-5-11-26(15)34(28,29)18-8-6-14-32-18/h6,8-10,14-15H,5,7,11-13H2,1-4H3. The first-order valence-corrected chi connectivity index (χ1v) is 13.9. The molecule has 3 aromatic rings. The van der Waals surface area contributed by atoms with Crippen molar-refractivity contribution in [2.75, 3.05) is 52.8 Å². The van der Waals surface area contributed by atoms with Gasteiger partial charge in [-0.25, -0.2) is 13.4 Å². The minimum absolute atomic E-state index is 0.251.